The van der Waals surface area contributed by atoms with Crippen LogP contribution in [0.5, 0.6) is 0 Å². The Hall–Kier alpha value is -2.60. The molecule has 1 saturated heterocycles. The van der Waals surface area contributed by atoms with Gasteiger partial charge in [0, 0.05) is 43.5 Å². The lowest BCUT2D eigenvalue weighted by Gasteiger charge is -2.36. The van der Waals surface area contributed by atoms with Gasteiger partial charge >= 0.3 is 6.09 Å². The smallest absolute Gasteiger partial charge is 0.410 e. The fourth-order valence-corrected chi connectivity index (χ4v) is 3.71. The van der Waals surface area contributed by atoms with E-state index in [9.17, 15) is 14.0 Å². The Balaban J connectivity index is 1.68. The number of carbonyl (C=O) groups excluding carboxylic acids is 2. The van der Waals surface area contributed by atoms with E-state index in [0.717, 1.165) is 11.1 Å². The molecule has 166 valence electrons. The first-order valence-electron chi connectivity index (χ1n) is 10.4. The maximum absolute atomic E-state index is 13.4. The SMILES string of the molecule is CC(C)(C)OC(=O)N1CCN(C(=O)CC(c2ccc(F)cc2)c2ccc(Cl)cc2)CC1. The van der Waals surface area contributed by atoms with Crippen LogP contribution in [0, 0.1) is 5.82 Å². The highest BCUT2D eigenvalue weighted by molar-refractivity contribution is 6.30. The maximum atomic E-state index is 13.4. The molecule has 0 saturated carbocycles. The number of hydrogen-bond acceptors (Lipinski definition) is 3. The van der Waals surface area contributed by atoms with Crippen molar-refractivity contribution in [2.45, 2.75) is 38.7 Å². The summed E-state index contributed by atoms with van der Waals surface area (Å²) in [6.07, 6.45) is -0.107. The molecule has 0 N–H and O–H groups in total. The zero-order valence-electron chi connectivity index (χ0n) is 18.1. The standard InChI is InChI=1S/C24H28ClFN2O3/c1-24(2,3)31-23(30)28-14-12-27(13-15-28)22(29)16-21(17-4-8-19(25)9-5-17)18-6-10-20(26)11-7-18/h4-11,21H,12-16H2,1-3H3. The van der Waals surface area contributed by atoms with Crippen LogP contribution in [0.2, 0.25) is 5.02 Å². The average Bonchev–Trinajstić information content (AvgIpc) is 2.72. The van der Waals surface area contributed by atoms with E-state index < -0.39 is 5.60 Å². The Morgan fingerprint density at radius 1 is 0.935 bits per heavy atom. The van der Waals surface area contributed by atoms with Crippen molar-refractivity contribution in [2.75, 3.05) is 26.2 Å². The number of amides is 2. The predicted molar refractivity (Wildman–Crippen MR) is 119 cm³/mol. The Morgan fingerprint density at radius 3 is 1.94 bits per heavy atom. The summed E-state index contributed by atoms with van der Waals surface area (Å²) in [7, 11) is 0. The molecule has 1 fully saturated rings. The van der Waals surface area contributed by atoms with E-state index >= 15 is 0 Å². The third kappa shape index (κ3) is 6.44. The predicted octanol–water partition coefficient (Wildman–Crippen LogP) is 5.08. The van der Waals surface area contributed by atoms with Gasteiger partial charge in [0.05, 0.1) is 0 Å². The van der Waals surface area contributed by atoms with Crippen molar-refractivity contribution in [3.05, 3.63) is 70.5 Å². The van der Waals surface area contributed by atoms with Gasteiger partial charge in [0.2, 0.25) is 5.91 Å². The summed E-state index contributed by atoms with van der Waals surface area (Å²) < 4.78 is 18.8. The third-order valence-electron chi connectivity index (χ3n) is 5.21. The molecule has 2 aromatic carbocycles. The third-order valence-corrected chi connectivity index (χ3v) is 5.46. The monoisotopic (exact) mass is 446 g/mol. The Morgan fingerprint density at radius 2 is 1.42 bits per heavy atom. The molecule has 0 radical (unpaired) electrons. The maximum Gasteiger partial charge on any atom is 0.410 e. The Labute approximate surface area is 187 Å². The molecule has 31 heavy (non-hydrogen) atoms. The molecule has 5 nitrogen and oxygen atoms in total. The zero-order valence-corrected chi connectivity index (χ0v) is 18.9. The average molecular weight is 447 g/mol. The summed E-state index contributed by atoms with van der Waals surface area (Å²) in [5.74, 6) is -0.537. The van der Waals surface area contributed by atoms with Crippen molar-refractivity contribution in [1.82, 2.24) is 9.80 Å². The number of nitrogens with zero attached hydrogens (tertiary/aromatic N) is 2. The topological polar surface area (TPSA) is 49.9 Å². The van der Waals surface area contributed by atoms with E-state index in [-0.39, 0.29) is 30.2 Å². The molecule has 2 aromatic rings. The minimum Gasteiger partial charge on any atom is -0.444 e. The molecule has 0 spiro atoms. The van der Waals surface area contributed by atoms with Gasteiger partial charge in [-0.3, -0.25) is 4.79 Å². The number of carbonyl (C=O) groups is 2. The second-order valence-electron chi connectivity index (χ2n) is 8.71. The summed E-state index contributed by atoms with van der Waals surface area (Å²) in [4.78, 5) is 28.7. The number of rotatable bonds is 4. The van der Waals surface area contributed by atoms with Gasteiger partial charge in [-0.15, -0.1) is 0 Å². The number of hydrogen-bond donors (Lipinski definition) is 0. The number of piperazine rings is 1. The van der Waals surface area contributed by atoms with Crippen molar-refractivity contribution < 1.29 is 18.7 Å². The lowest BCUT2D eigenvalue weighted by molar-refractivity contribution is -0.133. The summed E-state index contributed by atoms with van der Waals surface area (Å²) in [5, 5.41) is 0.617. The molecule has 1 heterocycles. The molecule has 1 aliphatic heterocycles. The molecule has 0 bridgehead atoms. The second kappa shape index (κ2) is 9.69. The van der Waals surface area contributed by atoms with Crippen LogP contribution in [0.25, 0.3) is 0 Å². The molecule has 0 aromatic heterocycles. The van der Waals surface area contributed by atoms with Gasteiger partial charge in [-0.1, -0.05) is 35.9 Å². The summed E-state index contributed by atoms with van der Waals surface area (Å²) in [5.41, 5.74) is 1.26. The van der Waals surface area contributed by atoms with E-state index in [0.29, 0.717) is 31.2 Å². The minimum atomic E-state index is -0.551. The quantitative estimate of drug-likeness (QED) is 0.658. The molecule has 0 aliphatic carbocycles. The Bertz CT molecular complexity index is 856. The zero-order chi connectivity index (χ0) is 22.6. The van der Waals surface area contributed by atoms with E-state index in [4.69, 9.17) is 16.3 Å². The lowest BCUT2D eigenvalue weighted by Crippen LogP contribution is -2.51. The van der Waals surface area contributed by atoms with Gasteiger partial charge in [-0.25, -0.2) is 9.18 Å². The molecule has 1 atom stereocenters. The number of benzene rings is 2. The van der Waals surface area contributed by atoms with Crippen molar-refractivity contribution in [2.24, 2.45) is 0 Å². The molecular formula is C24H28ClFN2O3. The van der Waals surface area contributed by atoms with Gasteiger partial charge in [0.25, 0.3) is 0 Å². The minimum absolute atomic E-state index is 0.00638. The van der Waals surface area contributed by atoms with Crippen molar-refractivity contribution in [3.63, 3.8) is 0 Å². The lowest BCUT2D eigenvalue weighted by atomic mass is 9.88. The highest BCUT2D eigenvalue weighted by atomic mass is 35.5. The second-order valence-corrected chi connectivity index (χ2v) is 9.14. The van der Waals surface area contributed by atoms with Gasteiger partial charge in [0.15, 0.2) is 0 Å². The largest absolute Gasteiger partial charge is 0.444 e. The van der Waals surface area contributed by atoms with E-state index in [2.05, 4.69) is 0 Å². The molecular weight excluding hydrogens is 419 g/mol. The molecule has 7 heteroatoms. The van der Waals surface area contributed by atoms with Gasteiger partial charge in [-0.05, 0) is 56.2 Å². The van der Waals surface area contributed by atoms with Crippen LogP contribution >= 0.6 is 11.6 Å². The van der Waals surface area contributed by atoms with Crippen molar-refractivity contribution in [3.8, 4) is 0 Å². The van der Waals surface area contributed by atoms with Gasteiger partial charge in [-0.2, -0.15) is 0 Å². The summed E-state index contributed by atoms with van der Waals surface area (Å²) in [6, 6.07) is 13.6. The van der Waals surface area contributed by atoms with E-state index in [1.54, 1.807) is 34.1 Å². The fourth-order valence-electron chi connectivity index (χ4n) is 3.59. The first kappa shape index (κ1) is 23.1. The summed E-state index contributed by atoms with van der Waals surface area (Å²) in [6.45, 7) is 7.26. The van der Waals surface area contributed by atoms with Gasteiger partial charge in [0.1, 0.15) is 11.4 Å². The number of halogens is 2. The van der Waals surface area contributed by atoms with Crippen LogP contribution in [0.1, 0.15) is 44.2 Å². The first-order valence-corrected chi connectivity index (χ1v) is 10.8. The van der Waals surface area contributed by atoms with Crippen LogP contribution < -0.4 is 0 Å². The molecule has 1 unspecified atom stereocenters. The normalized spacial score (nSPS) is 15.5. The fraction of sp³-hybridized carbons (Fsp3) is 0.417. The first-order chi connectivity index (χ1) is 14.6. The highest BCUT2D eigenvalue weighted by Crippen LogP contribution is 2.30. The number of ether oxygens (including phenoxy) is 1. The van der Waals surface area contributed by atoms with E-state index in [1.807, 2.05) is 32.9 Å². The molecule has 1 aliphatic rings. The van der Waals surface area contributed by atoms with Crippen LogP contribution in [-0.4, -0.2) is 53.6 Å². The molecule has 3 rings (SSSR count). The van der Waals surface area contributed by atoms with Crippen molar-refractivity contribution in [1.29, 1.82) is 0 Å². The van der Waals surface area contributed by atoms with Crippen molar-refractivity contribution >= 4 is 23.6 Å². The van der Waals surface area contributed by atoms with E-state index in [1.165, 1.54) is 12.1 Å². The highest BCUT2D eigenvalue weighted by Gasteiger charge is 2.29. The van der Waals surface area contributed by atoms with Crippen LogP contribution in [-0.2, 0) is 9.53 Å². The van der Waals surface area contributed by atoms with Crippen LogP contribution in [0.4, 0.5) is 9.18 Å². The van der Waals surface area contributed by atoms with Crippen LogP contribution in [0.3, 0.4) is 0 Å². The Kier molecular flexibility index (Phi) is 7.21. The van der Waals surface area contributed by atoms with Gasteiger partial charge < -0.3 is 14.5 Å². The molecule has 2 amide bonds. The summed E-state index contributed by atoms with van der Waals surface area (Å²) >= 11 is 6.02. The van der Waals surface area contributed by atoms with Crippen LogP contribution in [0.15, 0.2) is 48.5 Å².